The molecule has 326 valence electrons. The van der Waals surface area contributed by atoms with E-state index in [1.165, 1.54) is 146 Å². The van der Waals surface area contributed by atoms with Gasteiger partial charge in [0.25, 0.3) is 0 Å². The highest BCUT2D eigenvalue weighted by Gasteiger charge is 2.32. The van der Waals surface area contributed by atoms with Gasteiger partial charge >= 0.3 is 0 Å². The van der Waals surface area contributed by atoms with Crippen molar-refractivity contribution in [3.05, 3.63) is 58.7 Å². The molecule has 0 amide bonds. The normalized spacial score (nSPS) is 26.9. The van der Waals surface area contributed by atoms with Crippen LogP contribution in [-0.2, 0) is 0 Å². The lowest BCUT2D eigenvalue weighted by molar-refractivity contribution is 0.153. The fourth-order valence-electron chi connectivity index (χ4n) is 10.7. The summed E-state index contributed by atoms with van der Waals surface area (Å²) in [6.07, 6.45) is 30.4. The van der Waals surface area contributed by atoms with Gasteiger partial charge in [0.15, 0.2) is 23.1 Å². The topological polar surface area (TPSA) is 18.5 Å². The monoisotopic (exact) mass is 819 g/mol. The first-order valence-electron chi connectivity index (χ1n) is 24.0. The van der Waals surface area contributed by atoms with Crippen LogP contribution < -0.4 is 9.47 Å². The highest BCUT2D eigenvalue weighted by Crippen LogP contribution is 2.44. The van der Waals surface area contributed by atoms with Crippen molar-refractivity contribution < 1.29 is 27.0 Å². The Kier molecular flexibility index (Phi) is 19.9. The fourth-order valence-corrected chi connectivity index (χ4v) is 10.7. The molecule has 0 aromatic heterocycles. The summed E-state index contributed by atoms with van der Waals surface area (Å²) in [5.41, 5.74) is 0.276. The fraction of sp³-hybridized carbons (Fsp3) is 0.698. The summed E-state index contributed by atoms with van der Waals surface area (Å²) in [4.78, 5) is 0. The molecule has 0 N–H and O–H groups in total. The highest BCUT2D eigenvalue weighted by atomic mass is 19.2. The van der Waals surface area contributed by atoms with Crippen molar-refractivity contribution in [1.29, 1.82) is 0 Å². The number of hydrogen-bond acceptors (Lipinski definition) is 2. The Morgan fingerprint density at radius 1 is 0.441 bits per heavy atom. The van der Waals surface area contributed by atoms with E-state index in [9.17, 15) is 17.6 Å². The molecule has 0 heterocycles. The largest absolute Gasteiger partial charge is 0.491 e. The highest BCUT2D eigenvalue weighted by molar-refractivity contribution is 5.42. The molecular formula is C53H74F4O2. The van der Waals surface area contributed by atoms with E-state index in [1.807, 2.05) is 0 Å². The molecule has 0 saturated heterocycles. The molecule has 4 aliphatic rings. The van der Waals surface area contributed by atoms with Gasteiger partial charge < -0.3 is 9.47 Å². The van der Waals surface area contributed by atoms with Gasteiger partial charge in [-0.3, -0.25) is 0 Å². The minimum Gasteiger partial charge on any atom is -0.491 e. The molecule has 4 aliphatic carbocycles. The van der Waals surface area contributed by atoms with Crippen LogP contribution in [-0.4, -0.2) is 13.2 Å². The Balaban J connectivity index is 0.000000224. The van der Waals surface area contributed by atoms with Crippen molar-refractivity contribution in [2.24, 2.45) is 47.3 Å². The molecule has 0 atom stereocenters. The van der Waals surface area contributed by atoms with Crippen molar-refractivity contribution in [1.82, 2.24) is 0 Å². The lowest BCUT2D eigenvalue weighted by Crippen LogP contribution is -2.25. The average Bonchev–Trinajstić information content (AvgIpc) is 3.27. The van der Waals surface area contributed by atoms with Crippen LogP contribution in [0.2, 0.25) is 0 Å². The first kappa shape index (κ1) is 46.9. The molecule has 0 spiro atoms. The summed E-state index contributed by atoms with van der Waals surface area (Å²) in [5.74, 6) is 14.5. The van der Waals surface area contributed by atoms with Gasteiger partial charge in [-0.05, 0) is 151 Å². The van der Waals surface area contributed by atoms with Crippen molar-refractivity contribution in [2.45, 2.75) is 175 Å². The molecular weight excluding hydrogens is 745 g/mol. The van der Waals surface area contributed by atoms with Crippen LogP contribution in [0.25, 0.3) is 0 Å². The molecule has 2 aromatic rings. The average molecular weight is 819 g/mol. The zero-order valence-electron chi connectivity index (χ0n) is 36.9. The van der Waals surface area contributed by atoms with Crippen LogP contribution in [0.5, 0.6) is 11.5 Å². The van der Waals surface area contributed by atoms with E-state index in [1.54, 1.807) is 13.8 Å². The summed E-state index contributed by atoms with van der Waals surface area (Å²) in [6, 6.07) is 6.00. The van der Waals surface area contributed by atoms with Crippen molar-refractivity contribution in [3.8, 4) is 35.2 Å². The third-order valence-electron chi connectivity index (χ3n) is 14.4. The second kappa shape index (κ2) is 25.0. The first-order valence-corrected chi connectivity index (χ1v) is 24.0. The van der Waals surface area contributed by atoms with Crippen LogP contribution >= 0.6 is 0 Å². The van der Waals surface area contributed by atoms with Crippen molar-refractivity contribution >= 4 is 0 Å². The minimum absolute atomic E-state index is 0.0406. The van der Waals surface area contributed by atoms with E-state index in [-0.39, 0.29) is 22.6 Å². The second-order valence-corrected chi connectivity index (χ2v) is 18.3. The predicted molar refractivity (Wildman–Crippen MR) is 234 cm³/mol. The quantitative estimate of drug-likeness (QED) is 0.114. The minimum atomic E-state index is -0.933. The molecule has 6 heteroatoms. The van der Waals surface area contributed by atoms with Gasteiger partial charge in [0.05, 0.1) is 24.3 Å². The Hall–Kier alpha value is -3.12. The number of unbranched alkanes of at least 4 members (excludes halogenated alkanes) is 3. The number of benzene rings is 2. The lowest BCUT2D eigenvalue weighted by atomic mass is 9.69. The molecule has 4 saturated carbocycles. The van der Waals surface area contributed by atoms with Gasteiger partial charge in [-0.25, -0.2) is 8.78 Å². The van der Waals surface area contributed by atoms with Crippen molar-refractivity contribution in [2.75, 3.05) is 13.2 Å². The number of ether oxygens (including phenoxy) is 2. The first-order chi connectivity index (χ1) is 28.7. The zero-order chi connectivity index (χ0) is 42.0. The van der Waals surface area contributed by atoms with Crippen LogP contribution in [0.15, 0.2) is 24.3 Å². The van der Waals surface area contributed by atoms with Gasteiger partial charge in [-0.15, -0.1) is 0 Å². The van der Waals surface area contributed by atoms with Gasteiger partial charge in [0.1, 0.15) is 0 Å². The summed E-state index contributed by atoms with van der Waals surface area (Å²) in [6.45, 7) is 8.69. The molecule has 0 radical (unpaired) electrons. The van der Waals surface area contributed by atoms with Crippen LogP contribution in [0.1, 0.15) is 187 Å². The van der Waals surface area contributed by atoms with E-state index >= 15 is 0 Å². The summed E-state index contributed by atoms with van der Waals surface area (Å²) >= 11 is 0. The summed E-state index contributed by atoms with van der Waals surface area (Å²) in [7, 11) is 0. The smallest absolute Gasteiger partial charge is 0.201 e. The van der Waals surface area contributed by atoms with E-state index in [4.69, 9.17) is 9.47 Å². The molecule has 0 bridgehead atoms. The molecule has 2 aromatic carbocycles. The van der Waals surface area contributed by atoms with E-state index < -0.39 is 23.3 Å². The lowest BCUT2D eigenvalue weighted by Gasteiger charge is -2.37. The standard InChI is InChI=1S/C27H38F2O.C26H36F2O/c1-3-5-6-7-20-8-13-22(14-9-20)23-15-10-21(11-16-23)12-17-24-18-19-25(30-4-2)27(29)26(24)28;1-3-5-6-19-7-12-21(13-8-19)22-14-9-20(10-15-22)11-16-23-17-18-24(29-4-2)26(28)25(23)27/h18-23H,3-11,13-16H2,1-2H3;17-22H,3-10,12-15H2,1-2H3. The second-order valence-electron chi connectivity index (χ2n) is 18.3. The maximum absolute atomic E-state index is 14.2. The summed E-state index contributed by atoms with van der Waals surface area (Å²) in [5, 5.41) is 0. The van der Waals surface area contributed by atoms with E-state index in [0.29, 0.717) is 25.0 Å². The summed E-state index contributed by atoms with van der Waals surface area (Å²) < 4.78 is 66.6. The van der Waals surface area contributed by atoms with Crippen LogP contribution in [0, 0.1) is 94.3 Å². The molecule has 2 nitrogen and oxygen atoms in total. The third-order valence-corrected chi connectivity index (χ3v) is 14.4. The molecule has 0 unspecified atom stereocenters. The number of hydrogen-bond donors (Lipinski definition) is 0. The Morgan fingerprint density at radius 3 is 1.15 bits per heavy atom. The number of rotatable bonds is 13. The predicted octanol–water partition coefficient (Wildman–Crippen LogP) is 15.4. The van der Waals surface area contributed by atoms with Crippen LogP contribution in [0.3, 0.4) is 0 Å². The Bertz CT molecular complexity index is 1670. The zero-order valence-corrected chi connectivity index (χ0v) is 36.9. The molecule has 4 fully saturated rings. The Morgan fingerprint density at radius 2 is 0.797 bits per heavy atom. The van der Waals surface area contributed by atoms with Crippen molar-refractivity contribution in [3.63, 3.8) is 0 Å². The molecule has 0 aliphatic heterocycles. The molecule has 59 heavy (non-hydrogen) atoms. The third kappa shape index (κ3) is 14.2. The Labute approximate surface area is 355 Å². The molecule has 6 rings (SSSR count). The van der Waals surface area contributed by atoms with Crippen LogP contribution in [0.4, 0.5) is 17.6 Å². The van der Waals surface area contributed by atoms with Gasteiger partial charge in [0.2, 0.25) is 11.6 Å². The maximum atomic E-state index is 14.2. The van der Waals surface area contributed by atoms with Gasteiger partial charge in [-0.1, -0.05) is 108 Å². The number of halogens is 4. The van der Waals surface area contributed by atoms with E-state index in [2.05, 4.69) is 37.5 Å². The SMILES string of the molecule is CCCCC1CCC(C2CCC(C#Cc3ccc(OCC)c(F)c3F)CC2)CC1.CCCCCC1CCC(C2CCC(C#Cc3ccc(OCC)c(F)c3F)CC2)CC1. The van der Waals surface area contributed by atoms with Gasteiger partial charge in [0, 0.05) is 11.8 Å². The van der Waals surface area contributed by atoms with Gasteiger partial charge in [-0.2, -0.15) is 8.78 Å². The van der Waals surface area contributed by atoms with E-state index in [0.717, 1.165) is 61.2 Å². The maximum Gasteiger partial charge on any atom is 0.201 e.